The summed E-state index contributed by atoms with van der Waals surface area (Å²) in [6.45, 7) is 12.7. The highest BCUT2D eigenvalue weighted by Crippen LogP contribution is 2.11. The molecule has 1 aromatic heterocycles. The minimum absolute atomic E-state index is 0.169. The molecule has 0 saturated carbocycles. The van der Waals surface area contributed by atoms with Gasteiger partial charge in [0.05, 0.1) is 5.69 Å². The minimum atomic E-state index is -0.371. The van der Waals surface area contributed by atoms with E-state index in [0.29, 0.717) is 17.8 Å². The van der Waals surface area contributed by atoms with Crippen LogP contribution in [0.15, 0.2) is 29.1 Å². The van der Waals surface area contributed by atoms with Gasteiger partial charge in [-0.05, 0) is 37.1 Å². The van der Waals surface area contributed by atoms with Gasteiger partial charge in [-0.15, -0.1) is 0 Å². The summed E-state index contributed by atoms with van der Waals surface area (Å²) in [5, 5.41) is 6.99. The number of nitrogens with one attached hydrogen (secondary N) is 1. The molecule has 2 aromatic rings. The van der Waals surface area contributed by atoms with Crippen LogP contribution in [-0.2, 0) is 20.1 Å². The summed E-state index contributed by atoms with van der Waals surface area (Å²) < 4.78 is 1.21. The lowest BCUT2D eigenvalue weighted by molar-refractivity contribution is 0.0947. The van der Waals surface area contributed by atoms with E-state index in [1.165, 1.54) is 10.2 Å². The Hall–Kier alpha value is -2.51. The maximum atomic E-state index is 12.6. The van der Waals surface area contributed by atoms with Gasteiger partial charge in [0.1, 0.15) is 5.56 Å². The number of hydrogen-bond donors (Lipinski definition) is 1. The molecule has 1 fully saturated rings. The molecule has 7 heteroatoms. The van der Waals surface area contributed by atoms with Crippen molar-refractivity contribution in [1.82, 2.24) is 24.9 Å². The first-order valence-corrected chi connectivity index (χ1v) is 10.2. The van der Waals surface area contributed by atoms with Crippen molar-refractivity contribution in [3.8, 4) is 0 Å². The molecule has 0 spiro atoms. The molecule has 0 radical (unpaired) electrons. The fourth-order valence-electron chi connectivity index (χ4n) is 3.67. The molecular weight excluding hydrogens is 366 g/mol. The van der Waals surface area contributed by atoms with E-state index in [2.05, 4.69) is 39.3 Å². The molecule has 0 atom stereocenters. The molecule has 1 N–H and O–H groups in total. The van der Waals surface area contributed by atoms with Crippen molar-refractivity contribution < 1.29 is 4.79 Å². The number of hydrogen-bond acceptors (Lipinski definition) is 5. The molecule has 1 aliphatic heterocycles. The number of piperazine rings is 1. The van der Waals surface area contributed by atoms with Crippen LogP contribution in [0.5, 0.6) is 0 Å². The summed E-state index contributed by atoms with van der Waals surface area (Å²) >= 11 is 0. The van der Waals surface area contributed by atoms with Crippen LogP contribution in [-0.4, -0.2) is 58.2 Å². The second kappa shape index (κ2) is 9.33. The molecule has 1 aromatic carbocycles. The Morgan fingerprint density at radius 1 is 1.03 bits per heavy atom. The molecule has 0 unspecified atom stereocenters. The van der Waals surface area contributed by atoms with Gasteiger partial charge >= 0.3 is 0 Å². The van der Waals surface area contributed by atoms with Crippen LogP contribution >= 0.6 is 0 Å². The predicted octanol–water partition coefficient (Wildman–Crippen LogP) is 1.46. The van der Waals surface area contributed by atoms with Crippen LogP contribution < -0.4 is 10.9 Å². The Morgan fingerprint density at radius 2 is 1.62 bits per heavy atom. The van der Waals surface area contributed by atoms with Gasteiger partial charge in [-0.25, -0.2) is 4.68 Å². The highest BCUT2D eigenvalue weighted by atomic mass is 16.2. The smallest absolute Gasteiger partial charge is 0.279 e. The fourth-order valence-corrected chi connectivity index (χ4v) is 3.67. The first-order valence-electron chi connectivity index (χ1n) is 10.2. The standard InChI is InChI=1S/C22H31N5O2/c1-5-26-10-12-27(13-11-26)15-19-8-6-18(7-9-19)14-23-21(28)20-16(2)17(3)24-25(4)22(20)29/h6-9H,5,10-15H2,1-4H3,(H,23,28). The van der Waals surface area contributed by atoms with Gasteiger partial charge < -0.3 is 10.2 Å². The molecule has 0 bridgehead atoms. The Bertz CT molecular complexity index is 912. The van der Waals surface area contributed by atoms with Crippen molar-refractivity contribution in [3.05, 3.63) is 62.6 Å². The lowest BCUT2D eigenvalue weighted by Crippen LogP contribution is -2.45. The van der Waals surface area contributed by atoms with Crippen LogP contribution in [0, 0.1) is 13.8 Å². The summed E-state index contributed by atoms with van der Waals surface area (Å²) in [5.74, 6) is -0.355. The highest BCUT2D eigenvalue weighted by Gasteiger charge is 2.18. The van der Waals surface area contributed by atoms with Crippen molar-refractivity contribution in [3.63, 3.8) is 0 Å². The Balaban J connectivity index is 1.57. The van der Waals surface area contributed by atoms with Crippen molar-refractivity contribution in [2.75, 3.05) is 32.7 Å². The first kappa shape index (κ1) is 21.2. The second-order valence-corrected chi connectivity index (χ2v) is 7.72. The number of likely N-dealkylation sites (N-methyl/N-ethyl adjacent to an activating group) is 1. The lowest BCUT2D eigenvalue weighted by Gasteiger charge is -2.34. The molecule has 3 rings (SSSR count). The van der Waals surface area contributed by atoms with Gasteiger partial charge in [0.2, 0.25) is 0 Å². The third-order valence-electron chi connectivity index (χ3n) is 5.75. The average Bonchev–Trinajstić information content (AvgIpc) is 2.72. The van der Waals surface area contributed by atoms with E-state index in [1.54, 1.807) is 20.9 Å². The van der Waals surface area contributed by atoms with Gasteiger partial charge in [-0.3, -0.25) is 14.5 Å². The maximum Gasteiger partial charge on any atom is 0.279 e. The van der Waals surface area contributed by atoms with Crippen LogP contribution in [0.3, 0.4) is 0 Å². The van der Waals surface area contributed by atoms with Crippen LogP contribution in [0.1, 0.15) is 39.7 Å². The minimum Gasteiger partial charge on any atom is -0.348 e. The van der Waals surface area contributed by atoms with Crippen LogP contribution in [0.25, 0.3) is 0 Å². The van der Waals surface area contributed by atoms with E-state index in [-0.39, 0.29) is 17.0 Å². The largest absolute Gasteiger partial charge is 0.348 e. The topological polar surface area (TPSA) is 70.5 Å². The summed E-state index contributed by atoms with van der Waals surface area (Å²) in [6.07, 6.45) is 0. The molecule has 29 heavy (non-hydrogen) atoms. The number of carbonyl (C=O) groups excluding carboxylic acids is 1. The predicted molar refractivity (Wildman–Crippen MR) is 114 cm³/mol. The van der Waals surface area contributed by atoms with E-state index in [1.807, 2.05) is 12.1 Å². The zero-order valence-electron chi connectivity index (χ0n) is 17.9. The third-order valence-corrected chi connectivity index (χ3v) is 5.75. The summed E-state index contributed by atoms with van der Waals surface area (Å²) in [5.41, 5.74) is 3.40. The van der Waals surface area contributed by atoms with E-state index in [4.69, 9.17) is 0 Å². The van der Waals surface area contributed by atoms with Crippen molar-refractivity contribution >= 4 is 5.91 Å². The number of amides is 1. The van der Waals surface area contributed by atoms with Gasteiger partial charge in [0.15, 0.2) is 0 Å². The molecule has 2 heterocycles. The molecule has 156 valence electrons. The second-order valence-electron chi connectivity index (χ2n) is 7.72. The Labute approximate surface area is 172 Å². The van der Waals surface area contributed by atoms with Crippen LogP contribution in [0.2, 0.25) is 0 Å². The zero-order chi connectivity index (χ0) is 21.0. The number of aryl methyl sites for hydroxylation is 2. The van der Waals surface area contributed by atoms with Crippen molar-refractivity contribution in [2.24, 2.45) is 7.05 Å². The van der Waals surface area contributed by atoms with Crippen molar-refractivity contribution in [2.45, 2.75) is 33.9 Å². The first-order chi connectivity index (χ1) is 13.9. The van der Waals surface area contributed by atoms with Crippen molar-refractivity contribution in [1.29, 1.82) is 0 Å². The third kappa shape index (κ3) is 5.10. The van der Waals surface area contributed by atoms with E-state index < -0.39 is 0 Å². The summed E-state index contributed by atoms with van der Waals surface area (Å²) in [4.78, 5) is 29.8. The quantitative estimate of drug-likeness (QED) is 0.799. The van der Waals surface area contributed by atoms with Gasteiger partial charge in [-0.1, -0.05) is 31.2 Å². The number of nitrogens with zero attached hydrogens (tertiary/aromatic N) is 4. The number of benzene rings is 1. The number of rotatable bonds is 6. The highest BCUT2D eigenvalue weighted by molar-refractivity contribution is 5.95. The van der Waals surface area contributed by atoms with Gasteiger partial charge in [-0.2, -0.15) is 5.10 Å². The monoisotopic (exact) mass is 397 g/mol. The number of carbonyl (C=O) groups is 1. The molecule has 1 amide bonds. The summed E-state index contributed by atoms with van der Waals surface area (Å²) in [6, 6.07) is 8.32. The SMILES string of the molecule is CCN1CCN(Cc2ccc(CNC(=O)c3c(C)c(C)nn(C)c3=O)cc2)CC1. The van der Waals surface area contributed by atoms with Gasteiger partial charge in [0, 0.05) is 46.3 Å². The maximum absolute atomic E-state index is 12.6. The zero-order valence-corrected chi connectivity index (χ0v) is 17.9. The van der Waals surface area contributed by atoms with E-state index >= 15 is 0 Å². The molecular formula is C22H31N5O2. The lowest BCUT2D eigenvalue weighted by atomic mass is 10.1. The molecule has 1 aliphatic rings. The average molecular weight is 398 g/mol. The summed E-state index contributed by atoms with van der Waals surface area (Å²) in [7, 11) is 1.56. The Morgan fingerprint density at radius 3 is 2.24 bits per heavy atom. The number of aromatic nitrogens is 2. The molecule has 7 nitrogen and oxygen atoms in total. The van der Waals surface area contributed by atoms with Crippen LogP contribution in [0.4, 0.5) is 0 Å². The fraction of sp³-hybridized carbons (Fsp3) is 0.500. The molecule has 0 aliphatic carbocycles. The molecule has 1 saturated heterocycles. The Kier molecular flexibility index (Phi) is 6.82. The van der Waals surface area contributed by atoms with E-state index in [9.17, 15) is 9.59 Å². The van der Waals surface area contributed by atoms with Gasteiger partial charge in [0.25, 0.3) is 11.5 Å². The normalized spacial score (nSPS) is 15.4. The van der Waals surface area contributed by atoms with E-state index in [0.717, 1.165) is 44.8 Å².